The zero-order valence-electron chi connectivity index (χ0n) is 17.0. The highest BCUT2D eigenvalue weighted by molar-refractivity contribution is 7.89. The van der Waals surface area contributed by atoms with Gasteiger partial charge in [0.05, 0.1) is 15.7 Å². The Morgan fingerprint density at radius 3 is 2.31 bits per heavy atom. The van der Waals surface area contributed by atoms with Crippen LogP contribution in [0.2, 0.25) is 10.0 Å². The van der Waals surface area contributed by atoms with Crippen molar-refractivity contribution < 1.29 is 13.2 Å². The summed E-state index contributed by atoms with van der Waals surface area (Å²) >= 11 is 12.2. The normalized spacial score (nSPS) is 15.6. The average Bonchev–Trinajstić information content (AvgIpc) is 3.33. The number of benzene rings is 2. The number of carbonyl (C=O) groups is 1. The number of rotatable bonds is 6. The molecule has 1 fully saturated rings. The van der Waals surface area contributed by atoms with E-state index in [4.69, 9.17) is 23.2 Å². The fraction of sp³-hybridized carbons (Fsp3) is 0.286. The van der Waals surface area contributed by atoms with Gasteiger partial charge in [0.1, 0.15) is 17.6 Å². The summed E-state index contributed by atoms with van der Waals surface area (Å²) in [4.78, 5) is 16.5. The Bertz CT molecular complexity index is 1170. The second-order valence-corrected chi connectivity index (χ2v) is 10.1. The molecule has 2 heterocycles. The molecule has 0 spiro atoms. The number of sulfonamides is 1. The molecule has 2 aromatic carbocycles. The quantitative estimate of drug-likeness (QED) is 0.567. The molecule has 1 aromatic heterocycles. The number of hydrogen-bond donors (Lipinski definition) is 1. The number of aromatic nitrogens is 3. The summed E-state index contributed by atoms with van der Waals surface area (Å²) in [6, 6.07) is 12.2. The molecule has 1 aliphatic rings. The number of carbonyl (C=O) groups excluding carboxylic acids is 1. The number of nitrogens with zero attached hydrogens (tertiary/aromatic N) is 4. The first-order valence-electron chi connectivity index (χ1n) is 10.0. The maximum atomic E-state index is 13.0. The van der Waals surface area contributed by atoms with Gasteiger partial charge in [-0.25, -0.2) is 18.1 Å². The van der Waals surface area contributed by atoms with Crippen LogP contribution in [0.4, 0.5) is 0 Å². The Balaban J connectivity index is 1.32. The van der Waals surface area contributed by atoms with Crippen molar-refractivity contribution in [1.82, 2.24) is 24.4 Å². The first-order chi connectivity index (χ1) is 15.4. The number of hydrogen-bond acceptors (Lipinski definition) is 5. The minimum absolute atomic E-state index is 0.0828. The van der Waals surface area contributed by atoms with E-state index in [1.165, 1.54) is 22.8 Å². The van der Waals surface area contributed by atoms with Crippen molar-refractivity contribution in [3.05, 3.63) is 70.7 Å². The van der Waals surface area contributed by atoms with Crippen LogP contribution < -0.4 is 5.32 Å². The topological polar surface area (TPSA) is 97.2 Å². The van der Waals surface area contributed by atoms with Gasteiger partial charge in [0, 0.05) is 25.6 Å². The van der Waals surface area contributed by atoms with E-state index in [1.807, 2.05) is 24.3 Å². The molecule has 1 aliphatic heterocycles. The minimum Gasteiger partial charge on any atom is -0.352 e. The Labute approximate surface area is 196 Å². The summed E-state index contributed by atoms with van der Waals surface area (Å²) in [7, 11) is -3.82. The molecule has 0 radical (unpaired) electrons. The molecule has 3 aromatic rings. The van der Waals surface area contributed by atoms with Crippen molar-refractivity contribution >= 4 is 39.1 Å². The van der Waals surface area contributed by atoms with Crippen LogP contribution in [0.5, 0.6) is 0 Å². The van der Waals surface area contributed by atoms with Gasteiger partial charge in [0.15, 0.2) is 0 Å². The van der Waals surface area contributed by atoms with Crippen molar-refractivity contribution in [3.63, 3.8) is 0 Å². The third-order valence-electron chi connectivity index (χ3n) is 5.43. The van der Waals surface area contributed by atoms with E-state index in [2.05, 4.69) is 15.4 Å². The number of piperidine rings is 1. The molecule has 1 amide bonds. The third kappa shape index (κ3) is 4.80. The van der Waals surface area contributed by atoms with Gasteiger partial charge in [-0.3, -0.25) is 4.79 Å². The lowest BCUT2D eigenvalue weighted by molar-refractivity contribution is -0.126. The van der Waals surface area contributed by atoms with E-state index in [-0.39, 0.29) is 39.9 Å². The van der Waals surface area contributed by atoms with Crippen LogP contribution in [0.3, 0.4) is 0 Å². The van der Waals surface area contributed by atoms with Crippen LogP contribution in [0.1, 0.15) is 18.4 Å². The first-order valence-corrected chi connectivity index (χ1v) is 12.2. The predicted molar refractivity (Wildman–Crippen MR) is 121 cm³/mol. The Morgan fingerprint density at radius 2 is 1.72 bits per heavy atom. The fourth-order valence-corrected chi connectivity index (χ4v) is 6.22. The SMILES string of the molecule is O=C(NCc1ccc(-n2cncn2)cc1)C1CCN(S(=O)(=O)c2c(Cl)cccc2Cl)CC1. The molecule has 168 valence electrons. The molecule has 4 rings (SSSR count). The van der Waals surface area contributed by atoms with Crippen molar-refractivity contribution in [2.24, 2.45) is 5.92 Å². The lowest BCUT2D eigenvalue weighted by atomic mass is 9.97. The summed E-state index contributed by atoms with van der Waals surface area (Å²) in [5, 5.41) is 7.20. The van der Waals surface area contributed by atoms with E-state index < -0.39 is 10.0 Å². The monoisotopic (exact) mass is 493 g/mol. The van der Waals surface area contributed by atoms with Crippen molar-refractivity contribution in [2.75, 3.05) is 13.1 Å². The summed E-state index contributed by atoms with van der Waals surface area (Å²) in [6.45, 7) is 0.855. The molecule has 0 saturated carbocycles. The van der Waals surface area contributed by atoms with Crippen LogP contribution in [0.15, 0.2) is 60.0 Å². The average molecular weight is 494 g/mol. The third-order valence-corrected chi connectivity index (χ3v) is 8.28. The molecule has 0 unspecified atom stereocenters. The lowest BCUT2D eigenvalue weighted by Gasteiger charge is -2.31. The minimum atomic E-state index is -3.82. The zero-order valence-corrected chi connectivity index (χ0v) is 19.3. The summed E-state index contributed by atoms with van der Waals surface area (Å²) in [6.07, 6.45) is 3.94. The molecule has 11 heteroatoms. The van der Waals surface area contributed by atoms with Gasteiger partial charge in [-0.05, 0) is 42.7 Å². The Morgan fingerprint density at radius 1 is 1.06 bits per heavy atom. The van der Waals surface area contributed by atoms with E-state index >= 15 is 0 Å². The molecule has 8 nitrogen and oxygen atoms in total. The van der Waals surface area contributed by atoms with Gasteiger partial charge in [0.2, 0.25) is 15.9 Å². The van der Waals surface area contributed by atoms with Gasteiger partial charge in [0.25, 0.3) is 0 Å². The molecule has 1 saturated heterocycles. The molecule has 1 N–H and O–H groups in total. The second kappa shape index (κ2) is 9.58. The maximum Gasteiger partial charge on any atom is 0.246 e. The number of nitrogens with one attached hydrogen (secondary N) is 1. The van der Waals surface area contributed by atoms with Crippen LogP contribution in [0.25, 0.3) is 5.69 Å². The summed E-state index contributed by atoms with van der Waals surface area (Å²) in [5.41, 5.74) is 1.83. The zero-order chi connectivity index (χ0) is 22.7. The highest BCUT2D eigenvalue weighted by Crippen LogP contribution is 2.33. The lowest BCUT2D eigenvalue weighted by Crippen LogP contribution is -2.43. The number of amides is 1. The first kappa shape index (κ1) is 22.7. The smallest absolute Gasteiger partial charge is 0.246 e. The van der Waals surface area contributed by atoms with E-state index in [0.717, 1.165) is 11.3 Å². The largest absolute Gasteiger partial charge is 0.352 e. The highest BCUT2D eigenvalue weighted by atomic mass is 35.5. The van der Waals surface area contributed by atoms with Gasteiger partial charge in [-0.1, -0.05) is 41.4 Å². The van der Waals surface area contributed by atoms with E-state index in [0.29, 0.717) is 19.4 Å². The van der Waals surface area contributed by atoms with Crippen LogP contribution >= 0.6 is 23.2 Å². The Kier molecular flexibility index (Phi) is 6.80. The van der Waals surface area contributed by atoms with Crippen LogP contribution in [-0.4, -0.2) is 46.5 Å². The van der Waals surface area contributed by atoms with Gasteiger partial charge < -0.3 is 5.32 Å². The van der Waals surface area contributed by atoms with E-state index in [9.17, 15) is 13.2 Å². The molecule has 0 bridgehead atoms. The molecule has 0 aliphatic carbocycles. The number of halogens is 2. The van der Waals surface area contributed by atoms with E-state index in [1.54, 1.807) is 17.1 Å². The standard InChI is InChI=1S/C21H21Cl2N5O3S/c22-18-2-1-3-19(23)20(18)32(30,31)27-10-8-16(9-11-27)21(29)25-12-15-4-6-17(7-5-15)28-14-24-13-26-28/h1-7,13-14,16H,8-12H2,(H,25,29). The molecule has 0 atom stereocenters. The highest BCUT2D eigenvalue weighted by Gasteiger charge is 2.34. The predicted octanol–water partition coefficient (Wildman–Crippen LogP) is 3.29. The maximum absolute atomic E-state index is 13.0. The Hall–Kier alpha value is -2.46. The summed E-state index contributed by atoms with van der Waals surface area (Å²) < 4.78 is 28.9. The fourth-order valence-electron chi connectivity index (χ4n) is 3.66. The van der Waals surface area contributed by atoms with Crippen LogP contribution in [0, 0.1) is 5.92 Å². The van der Waals surface area contributed by atoms with Crippen molar-refractivity contribution in [2.45, 2.75) is 24.3 Å². The van der Waals surface area contributed by atoms with Gasteiger partial charge in [-0.2, -0.15) is 9.40 Å². The molecular weight excluding hydrogens is 473 g/mol. The van der Waals surface area contributed by atoms with Gasteiger partial charge >= 0.3 is 0 Å². The van der Waals surface area contributed by atoms with Crippen molar-refractivity contribution in [1.29, 1.82) is 0 Å². The van der Waals surface area contributed by atoms with Crippen molar-refractivity contribution in [3.8, 4) is 5.69 Å². The van der Waals surface area contributed by atoms with Crippen LogP contribution in [-0.2, 0) is 21.4 Å². The second-order valence-electron chi connectivity index (χ2n) is 7.45. The molecule has 32 heavy (non-hydrogen) atoms. The molecular formula is C21H21Cl2N5O3S. The summed E-state index contributed by atoms with van der Waals surface area (Å²) in [5.74, 6) is -0.337. The van der Waals surface area contributed by atoms with Gasteiger partial charge in [-0.15, -0.1) is 0 Å².